The predicted octanol–water partition coefficient (Wildman–Crippen LogP) is 4.19. The van der Waals surface area contributed by atoms with E-state index in [9.17, 15) is 9.59 Å². The molecule has 0 radical (unpaired) electrons. The monoisotopic (exact) mass is 374 g/mol. The van der Waals surface area contributed by atoms with Gasteiger partial charge in [0, 0.05) is 23.4 Å². The number of benzene rings is 3. The molecule has 2 amide bonds. The Morgan fingerprint density at radius 1 is 0.857 bits per heavy atom. The van der Waals surface area contributed by atoms with E-state index in [1.807, 2.05) is 31.2 Å². The molecule has 2 N–H and O–H groups in total. The maximum atomic E-state index is 12.5. The zero-order valence-electron chi connectivity index (χ0n) is 15.9. The number of carbonyl (C=O) groups is 2. The summed E-state index contributed by atoms with van der Waals surface area (Å²) in [6.45, 7) is 2.44. The van der Waals surface area contributed by atoms with Crippen molar-refractivity contribution in [3.8, 4) is 5.75 Å². The Morgan fingerprint density at radius 3 is 2.21 bits per heavy atom. The number of amides is 2. The fraction of sp³-hybridized carbons (Fsp3) is 0.130. The van der Waals surface area contributed by atoms with E-state index in [0.717, 1.165) is 11.1 Å². The van der Waals surface area contributed by atoms with Gasteiger partial charge in [0.15, 0.2) is 0 Å². The molecule has 0 fully saturated rings. The Bertz CT molecular complexity index is 981. The Hall–Kier alpha value is -3.60. The zero-order valence-corrected chi connectivity index (χ0v) is 15.9. The largest absolute Gasteiger partial charge is 0.497 e. The second-order valence-corrected chi connectivity index (χ2v) is 6.37. The third kappa shape index (κ3) is 4.76. The summed E-state index contributed by atoms with van der Waals surface area (Å²) in [6.07, 6.45) is 0. The number of methoxy groups -OCH3 is 1. The molecule has 0 spiro atoms. The number of rotatable bonds is 6. The molecule has 0 unspecified atom stereocenters. The van der Waals surface area contributed by atoms with E-state index in [1.165, 1.54) is 0 Å². The minimum Gasteiger partial charge on any atom is -0.497 e. The Labute approximate surface area is 164 Å². The van der Waals surface area contributed by atoms with Crippen LogP contribution in [0.4, 0.5) is 5.69 Å². The van der Waals surface area contributed by atoms with Crippen LogP contribution in [0.2, 0.25) is 0 Å². The lowest BCUT2D eigenvalue weighted by Gasteiger charge is -2.10. The van der Waals surface area contributed by atoms with E-state index in [-0.39, 0.29) is 11.8 Å². The highest BCUT2D eigenvalue weighted by molar-refractivity contribution is 6.06. The highest BCUT2D eigenvalue weighted by atomic mass is 16.5. The SMILES string of the molecule is COc1ccc(NC(=O)c2cccc(C(=O)NCc3ccccc3C)c2)cc1. The number of aryl methyl sites for hydroxylation is 1. The summed E-state index contributed by atoms with van der Waals surface area (Å²) in [6, 6.07) is 21.6. The lowest BCUT2D eigenvalue weighted by Crippen LogP contribution is -2.23. The molecule has 0 aliphatic carbocycles. The molecular weight excluding hydrogens is 352 g/mol. The number of nitrogens with one attached hydrogen (secondary N) is 2. The molecule has 0 heterocycles. The molecule has 0 saturated heterocycles. The molecule has 5 heteroatoms. The molecule has 3 rings (SSSR count). The van der Waals surface area contributed by atoms with E-state index < -0.39 is 0 Å². The summed E-state index contributed by atoms with van der Waals surface area (Å²) in [5, 5.41) is 5.71. The highest BCUT2D eigenvalue weighted by Crippen LogP contribution is 2.16. The maximum absolute atomic E-state index is 12.5. The van der Waals surface area contributed by atoms with E-state index in [4.69, 9.17) is 4.74 Å². The third-order valence-corrected chi connectivity index (χ3v) is 4.44. The van der Waals surface area contributed by atoms with E-state index in [2.05, 4.69) is 10.6 Å². The molecule has 3 aromatic carbocycles. The van der Waals surface area contributed by atoms with Gasteiger partial charge in [0.2, 0.25) is 0 Å². The average Bonchev–Trinajstić information content (AvgIpc) is 2.73. The van der Waals surface area contributed by atoms with Gasteiger partial charge in [-0.15, -0.1) is 0 Å². The standard InChI is InChI=1S/C23H22N2O3/c1-16-6-3-4-7-19(16)15-24-22(26)17-8-5-9-18(14-17)23(27)25-20-10-12-21(28-2)13-11-20/h3-14H,15H2,1-2H3,(H,24,26)(H,25,27). The van der Waals surface area contributed by atoms with Crippen LogP contribution < -0.4 is 15.4 Å². The van der Waals surface area contributed by atoms with Crippen molar-refractivity contribution < 1.29 is 14.3 Å². The second kappa shape index (κ2) is 8.86. The lowest BCUT2D eigenvalue weighted by molar-refractivity contribution is 0.0951. The third-order valence-electron chi connectivity index (χ3n) is 4.44. The summed E-state index contributed by atoms with van der Waals surface area (Å²) in [5.41, 5.74) is 3.69. The average molecular weight is 374 g/mol. The summed E-state index contributed by atoms with van der Waals surface area (Å²) >= 11 is 0. The first-order valence-electron chi connectivity index (χ1n) is 8.95. The van der Waals surface area contributed by atoms with Crippen LogP contribution in [0.1, 0.15) is 31.8 Å². The smallest absolute Gasteiger partial charge is 0.255 e. The fourth-order valence-corrected chi connectivity index (χ4v) is 2.77. The molecule has 0 atom stereocenters. The van der Waals surface area contributed by atoms with E-state index in [1.54, 1.807) is 55.6 Å². The van der Waals surface area contributed by atoms with Gasteiger partial charge < -0.3 is 15.4 Å². The molecule has 0 aliphatic rings. The van der Waals surface area contributed by atoms with Gasteiger partial charge in [-0.2, -0.15) is 0 Å². The number of hydrogen-bond donors (Lipinski definition) is 2. The fourth-order valence-electron chi connectivity index (χ4n) is 2.77. The van der Waals surface area contributed by atoms with Gasteiger partial charge in [0.05, 0.1) is 7.11 Å². The Morgan fingerprint density at radius 2 is 1.54 bits per heavy atom. The van der Waals surface area contributed by atoms with Crippen molar-refractivity contribution in [1.82, 2.24) is 5.32 Å². The summed E-state index contributed by atoms with van der Waals surface area (Å²) < 4.78 is 5.11. The first-order valence-corrected chi connectivity index (χ1v) is 8.95. The van der Waals surface area contributed by atoms with Crippen molar-refractivity contribution in [2.24, 2.45) is 0 Å². The summed E-state index contributed by atoms with van der Waals surface area (Å²) in [7, 11) is 1.59. The van der Waals surface area contributed by atoms with Gasteiger partial charge in [-0.25, -0.2) is 0 Å². The van der Waals surface area contributed by atoms with Crippen molar-refractivity contribution in [2.45, 2.75) is 13.5 Å². The van der Waals surface area contributed by atoms with Crippen molar-refractivity contribution >= 4 is 17.5 Å². The van der Waals surface area contributed by atoms with Crippen molar-refractivity contribution in [2.75, 3.05) is 12.4 Å². The Balaban J connectivity index is 1.66. The number of ether oxygens (including phenoxy) is 1. The molecule has 0 bridgehead atoms. The summed E-state index contributed by atoms with van der Waals surface area (Å²) in [5.74, 6) is 0.214. The molecular formula is C23H22N2O3. The normalized spacial score (nSPS) is 10.2. The molecule has 5 nitrogen and oxygen atoms in total. The summed E-state index contributed by atoms with van der Waals surface area (Å²) in [4.78, 5) is 25.0. The maximum Gasteiger partial charge on any atom is 0.255 e. The molecule has 0 aromatic heterocycles. The van der Waals surface area contributed by atoms with Crippen LogP contribution >= 0.6 is 0 Å². The minimum atomic E-state index is -0.279. The van der Waals surface area contributed by atoms with Crippen LogP contribution in [-0.2, 0) is 6.54 Å². The van der Waals surface area contributed by atoms with Gasteiger partial charge in [-0.3, -0.25) is 9.59 Å². The van der Waals surface area contributed by atoms with E-state index >= 15 is 0 Å². The van der Waals surface area contributed by atoms with Gasteiger partial charge in [-0.1, -0.05) is 30.3 Å². The molecule has 0 saturated carbocycles. The molecule has 0 aliphatic heterocycles. The van der Waals surface area contributed by atoms with Crippen LogP contribution in [0.3, 0.4) is 0 Å². The first-order chi connectivity index (χ1) is 13.6. The van der Waals surface area contributed by atoms with Crippen molar-refractivity contribution in [1.29, 1.82) is 0 Å². The molecule has 28 heavy (non-hydrogen) atoms. The lowest BCUT2D eigenvalue weighted by atomic mass is 10.1. The predicted molar refractivity (Wildman–Crippen MR) is 110 cm³/mol. The Kier molecular flexibility index (Phi) is 6.07. The van der Waals surface area contributed by atoms with Crippen LogP contribution in [0.5, 0.6) is 5.75 Å². The molecule has 3 aromatic rings. The van der Waals surface area contributed by atoms with E-state index in [0.29, 0.717) is 29.1 Å². The van der Waals surface area contributed by atoms with Crippen molar-refractivity contribution in [3.63, 3.8) is 0 Å². The van der Waals surface area contributed by atoms with Crippen LogP contribution in [0.25, 0.3) is 0 Å². The quantitative estimate of drug-likeness (QED) is 0.680. The second-order valence-electron chi connectivity index (χ2n) is 6.37. The van der Waals surface area contributed by atoms with Gasteiger partial charge in [0.1, 0.15) is 5.75 Å². The zero-order chi connectivity index (χ0) is 19.9. The van der Waals surface area contributed by atoms with Crippen molar-refractivity contribution in [3.05, 3.63) is 95.1 Å². The van der Waals surface area contributed by atoms with Crippen LogP contribution in [-0.4, -0.2) is 18.9 Å². The van der Waals surface area contributed by atoms with Crippen LogP contribution in [0.15, 0.2) is 72.8 Å². The van der Waals surface area contributed by atoms with Gasteiger partial charge in [0.25, 0.3) is 11.8 Å². The first kappa shape index (κ1) is 19.2. The number of anilines is 1. The topological polar surface area (TPSA) is 67.4 Å². The molecule has 142 valence electrons. The minimum absolute atomic E-state index is 0.220. The van der Waals surface area contributed by atoms with Gasteiger partial charge in [-0.05, 0) is 60.5 Å². The number of hydrogen-bond acceptors (Lipinski definition) is 3. The number of carbonyl (C=O) groups excluding carboxylic acids is 2. The highest BCUT2D eigenvalue weighted by Gasteiger charge is 2.11. The van der Waals surface area contributed by atoms with Crippen LogP contribution in [0, 0.1) is 6.92 Å². The van der Waals surface area contributed by atoms with Gasteiger partial charge >= 0.3 is 0 Å².